The summed E-state index contributed by atoms with van der Waals surface area (Å²) in [4.78, 5) is 6.09. The number of hydrogen-bond acceptors (Lipinski definition) is 4. The Bertz CT molecular complexity index is 803. The third-order valence-corrected chi connectivity index (χ3v) is 6.10. The van der Waals surface area contributed by atoms with Gasteiger partial charge in [-0.2, -0.15) is 13.2 Å². The number of ether oxygens (including phenoxy) is 1. The standard InChI is InChI=1S/C18H28ClF3N4OSi/c1-25(2)7-6-23-14-10-15(19)24-17-16(14)13(18(20,21)22)11-26(17)12-27-8-9-28(3,4)5/h10-11H,6-9,12H2,1-5H3,(H,23,24). The van der Waals surface area contributed by atoms with Crippen molar-refractivity contribution in [2.75, 3.05) is 39.1 Å². The SMILES string of the molecule is CN(C)CCNc1cc(Cl)nc2c1c(C(F)(F)F)cn2COCC[Si](C)(C)C. The number of likely N-dealkylation sites (N-methyl/N-ethyl adjacent to an activating group) is 1. The van der Waals surface area contributed by atoms with Gasteiger partial charge in [0, 0.05) is 39.7 Å². The molecule has 0 unspecified atom stereocenters. The van der Waals surface area contributed by atoms with Crippen molar-refractivity contribution in [1.29, 1.82) is 0 Å². The summed E-state index contributed by atoms with van der Waals surface area (Å²) in [7, 11) is 2.51. The van der Waals surface area contributed by atoms with Crippen LogP contribution in [0.25, 0.3) is 11.0 Å². The zero-order valence-corrected chi connectivity index (χ0v) is 18.7. The smallest absolute Gasteiger partial charge is 0.383 e. The van der Waals surface area contributed by atoms with E-state index in [1.54, 1.807) is 0 Å². The maximum Gasteiger partial charge on any atom is 0.418 e. The number of nitrogens with zero attached hydrogens (tertiary/aromatic N) is 3. The van der Waals surface area contributed by atoms with Crippen molar-refractivity contribution in [3.63, 3.8) is 0 Å². The van der Waals surface area contributed by atoms with Crippen LogP contribution in [0.4, 0.5) is 18.9 Å². The molecule has 0 atom stereocenters. The van der Waals surface area contributed by atoms with E-state index in [1.165, 1.54) is 10.6 Å². The van der Waals surface area contributed by atoms with E-state index in [0.29, 0.717) is 25.4 Å². The number of rotatable bonds is 9. The molecule has 0 aliphatic carbocycles. The van der Waals surface area contributed by atoms with Gasteiger partial charge in [0.25, 0.3) is 0 Å². The van der Waals surface area contributed by atoms with E-state index >= 15 is 0 Å². The number of halogens is 4. The van der Waals surface area contributed by atoms with Crippen molar-refractivity contribution < 1.29 is 17.9 Å². The van der Waals surface area contributed by atoms with Crippen molar-refractivity contribution in [2.45, 2.75) is 38.6 Å². The fourth-order valence-corrected chi connectivity index (χ4v) is 3.61. The van der Waals surface area contributed by atoms with Crippen LogP contribution in [0.15, 0.2) is 12.3 Å². The Hall–Kier alpha value is -1.29. The highest BCUT2D eigenvalue weighted by Gasteiger charge is 2.36. The minimum absolute atomic E-state index is 0.00153. The summed E-state index contributed by atoms with van der Waals surface area (Å²) >= 11 is 6.09. The lowest BCUT2D eigenvalue weighted by Crippen LogP contribution is -2.22. The minimum atomic E-state index is -4.50. The van der Waals surface area contributed by atoms with Gasteiger partial charge in [0.2, 0.25) is 0 Å². The molecule has 0 fully saturated rings. The van der Waals surface area contributed by atoms with Gasteiger partial charge in [-0.1, -0.05) is 31.2 Å². The third-order valence-electron chi connectivity index (χ3n) is 4.20. The van der Waals surface area contributed by atoms with Crippen LogP contribution in [0.2, 0.25) is 30.8 Å². The van der Waals surface area contributed by atoms with Crippen LogP contribution in [0.1, 0.15) is 5.56 Å². The fraction of sp³-hybridized carbons (Fsp3) is 0.611. The van der Waals surface area contributed by atoms with Crippen molar-refractivity contribution in [2.24, 2.45) is 0 Å². The van der Waals surface area contributed by atoms with Crippen molar-refractivity contribution in [3.8, 4) is 0 Å². The summed E-state index contributed by atoms with van der Waals surface area (Å²) in [6.45, 7) is 8.32. The summed E-state index contributed by atoms with van der Waals surface area (Å²) in [5.74, 6) is 0. The molecule has 158 valence electrons. The molecule has 10 heteroatoms. The summed E-state index contributed by atoms with van der Waals surface area (Å²) in [6, 6.07) is 2.37. The largest absolute Gasteiger partial charge is 0.418 e. The molecule has 0 saturated heterocycles. The molecule has 0 aliphatic rings. The van der Waals surface area contributed by atoms with E-state index in [1.807, 2.05) is 19.0 Å². The molecule has 1 N–H and O–H groups in total. The van der Waals surface area contributed by atoms with Gasteiger partial charge in [0.05, 0.1) is 10.9 Å². The van der Waals surface area contributed by atoms with Gasteiger partial charge >= 0.3 is 6.18 Å². The zero-order chi connectivity index (χ0) is 21.1. The number of pyridine rings is 1. The normalized spacial score (nSPS) is 12.9. The van der Waals surface area contributed by atoms with Crippen LogP contribution in [0.3, 0.4) is 0 Å². The van der Waals surface area contributed by atoms with Gasteiger partial charge < -0.3 is 19.5 Å². The zero-order valence-electron chi connectivity index (χ0n) is 17.0. The molecule has 5 nitrogen and oxygen atoms in total. The lowest BCUT2D eigenvalue weighted by atomic mass is 10.2. The molecule has 0 amide bonds. The first kappa shape index (κ1) is 23.0. The van der Waals surface area contributed by atoms with E-state index in [9.17, 15) is 13.2 Å². The molecule has 28 heavy (non-hydrogen) atoms. The van der Waals surface area contributed by atoms with Crippen molar-refractivity contribution >= 4 is 36.4 Å². The average molecular weight is 437 g/mol. The van der Waals surface area contributed by atoms with E-state index in [2.05, 4.69) is 29.9 Å². The molecule has 0 aliphatic heterocycles. The molecule has 2 rings (SSSR count). The second-order valence-electron chi connectivity index (χ2n) is 8.28. The van der Waals surface area contributed by atoms with Crippen LogP contribution < -0.4 is 5.32 Å². The topological polar surface area (TPSA) is 42.3 Å². The highest BCUT2D eigenvalue weighted by molar-refractivity contribution is 6.76. The van der Waals surface area contributed by atoms with Crippen LogP contribution in [0.5, 0.6) is 0 Å². The monoisotopic (exact) mass is 436 g/mol. The number of nitrogens with one attached hydrogen (secondary N) is 1. The second kappa shape index (κ2) is 9.02. The Labute approximate surface area is 169 Å². The quantitative estimate of drug-likeness (QED) is 0.341. The summed E-state index contributed by atoms with van der Waals surface area (Å²) in [5.41, 5.74) is -0.252. The Morgan fingerprint density at radius 2 is 1.96 bits per heavy atom. The second-order valence-corrected chi connectivity index (χ2v) is 14.3. The van der Waals surface area contributed by atoms with Crippen LogP contribution >= 0.6 is 11.6 Å². The average Bonchev–Trinajstić information content (AvgIpc) is 2.89. The van der Waals surface area contributed by atoms with Crippen molar-refractivity contribution in [1.82, 2.24) is 14.5 Å². The maximum atomic E-state index is 13.7. The van der Waals surface area contributed by atoms with Gasteiger partial charge in [0.1, 0.15) is 17.5 Å². The maximum absolute atomic E-state index is 13.7. The number of fused-ring (bicyclic) bond motifs is 1. The lowest BCUT2D eigenvalue weighted by molar-refractivity contribution is -0.136. The molecule has 0 aromatic carbocycles. The first-order chi connectivity index (χ1) is 12.9. The number of aromatic nitrogens is 2. The molecule has 2 heterocycles. The van der Waals surface area contributed by atoms with Crippen molar-refractivity contribution in [3.05, 3.63) is 23.0 Å². The van der Waals surface area contributed by atoms with Gasteiger partial charge in [0.15, 0.2) is 0 Å². The van der Waals surface area contributed by atoms with Gasteiger partial charge in [-0.25, -0.2) is 4.98 Å². The van der Waals surface area contributed by atoms with Crippen LogP contribution in [-0.2, 0) is 17.6 Å². The first-order valence-electron chi connectivity index (χ1n) is 9.11. The fourth-order valence-electron chi connectivity index (χ4n) is 2.66. The number of anilines is 1. The third kappa shape index (κ3) is 6.37. The molecule has 0 radical (unpaired) electrons. The van der Waals surface area contributed by atoms with Crippen LogP contribution in [0, 0.1) is 0 Å². The Kier molecular flexibility index (Phi) is 7.41. The van der Waals surface area contributed by atoms with E-state index in [0.717, 1.165) is 12.2 Å². The molecule has 0 spiro atoms. The summed E-state index contributed by atoms with van der Waals surface area (Å²) < 4.78 is 48.0. The molecular formula is C18H28ClF3N4OSi. The molecule has 0 saturated carbocycles. The number of hydrogen-bond donors (Lipinski definition) is 1. The summed E-state index contributed by atoms with van der Waals surface area (Å²) in [6.07, 6.45) is -3.45. The first-order valence-corrected chi connectivity index (χ1v) is 13.2. The molecular weight excluding hydrogens is 409 g/mol. The number of alkyl halides is 3. The molecule has 2 aromatic rings. The predicted molar refractivity (Wildman–Crippen MR) is 111 cm³/mol. The highest BCUT2D eigenvalue weighted by Crippen LogP contribution is 2.39. The molecule has 2 aromatic heterocycles. The Morgan fingerprint density at radius 3 is 2.54 bits per heavy atom. The van der Waals surface area contributed by atoms with Crippen LogP contribution in [-0.4, -0.2) is 56.3 Å². The molecule has 0 bridgehead atoms. The van der Waals surface area contributed by atoms with Gasteiger partial charge in [-0.3, -0.25) is 0 Å². The van der Waals surface area contributed by atoms with E-state index < -0.39 is 19.8 Å². The summed E-state index contributed by atoms with van der Waals surface area (Å²) in [5, 5.41) is 3.21. The lowest BCUT2D eigenvalue weighted by Gasteiger charge is -2.16. The predicted octanol–water partition coefficient (Wildman–Crippen LogP) is 4.99. The van der Waals surface area contributed by atoms with Gasteiger partial charge in [-0.15, -0.1) is 0 Å². The minimum Gasteiger partial charge on any atom is -0.383 e. The van der Waals surface area contributed by atoms with E-state index in [-0.39, 0.29) is 22.9 Å². The highest BCUT2D eigenvalue weighted by atomic mass is 35.5. The van der Waals surface area contributed by atoms with Gasteiger partial charge in [-0.05, 0) is 26.2 Å². The Morgan fingerprint density at radius 1 is 1.29 bits per heavy atom. The van der Waals surface area contributed by atoms with E-state index in [4.69, 9.17) is 16.3 Å². The Balaban J connectivity index is 2.36.